The highest BCUT2D eigenvalue weighted by Crippen LogP contribution is 2.32. The topological polar surface area (TPSA) is 96.4 Å². The van der Waals surface area contributed by atoms with E-state index in [-0.39, 0.29) is 5.56 Å². The number of esters is 1. The number of likely N-dealkylation sites (N-methyl/N-ethyl adjacent to an activating group) is 1. The van der Waals surface area contributed by atoms with Gasteiger partial charge in [0.05, 0.1) is 6.07 Å². The highest BCUT2D eigenvalue weighted by atomic mass is 16.5. The number of carbonyl (C=O) groups excluding carboxylic acids is 2. The van der Waals surface area contributed by atoms with Crippen LogP contribution in [-0.4, -0.2) is 41.1 Å². The Morgan fingerprint density at radius 2 is 1.93 bits per heavy atom. The van der Waals surface area contributed by atoms with Crippen molar-refractivity contribution in [2.24, 2.45) is 0 Å². The molecule has 3 rings (SSSR count). The second-order valence-electron chi connectivity index (χ2n) is 7.06. The van der Waals surface area contributed by atoms with Crippen molar-refractivity contribution >= 4 is 11.9 Å². The number of nitriles is 1. The van der Waals surface area contributed by atoms with Gasteiger partial charge in [-0.25, -0.2) is 4.79 Å². The van der Waals surface area contributed by atoms with Crippen molar-refractivity contribution in [1.29, 1.82) is 5.26 Å². The summed E-state index contributed by atoms with van der Waals surface area (Å²) in [7, 11) is 1.60. The van der Waals surface area contributed by atoms with Crippen LogP contribution in [0, 0.1) is 18.3 Å². The first-order valence-electron chi connectivity index (χ1n) is 9.35. The molecule has 0 radical (unpaired) electrons. The number of hydrogen-bond donors (Lipinski definition) is 0. The molecule has 2 aromatic rings. The standard InChI is InChI=1S/C21H23N3O4/c1-15-18(19(23-28-15)16-9-5-3-6-10-16)20(26)27-13-17(25)24(2)21(14-22)11-7-4-8-12-21/h3,5-6,9-10H,4,7-8,11-13H2,1-2H3. The van der Waals surface area contributed by atoms with E-state index in [0.29, 0.717) is 24.3 Å². The summed E-state index contributed by atoms with van der Waals surface area (Å²) in [5, 5.41) is 13.6. The molecule has 28 heavy (non-hydrogen) atoms. The lowest BCUT2D eigenvalue weighted by Crippen LogP contribution is -2.51. The highest BCUT2D eigenvalue weighted by Gasteiger charge is 2.39. The van der Waals surface area contributed by atoms with E-state index in [2.05, 4.69) is 11.2 Å². The molecular formula is C21H23N3O4. The van der Waals surface area contributed by atoms with Crippen molar-refractivity contribution in [2.45, 2.75) is 44.6 Å². The number of ether oxygens (including phenoxy) is 1. The van der Waals surface area contributed by atoms with Gasteiger partial charge in [-0.15, -0.1) is 0 Å². The first-order valence-corrected chi connectivity index (χ1v) is 9.35. The van der Waals surface area contributed by atoms with Gasteiger partial charge in [0.1, 0.15) is 22.6 Å². The summed E-state index contributed by atoms with van der Waals surface area (Å²) in [4.78, 5) is 26.6. The first kappa shape index (κ1) is 19.6. The van der Waals surface area contributed by atoms with Gasteiger partial charge >= 0.3 is 5.97 Å². The summed E-state index contributed by atoms with van der Waals surface area (Å²) in [5.41, 5.74) is 0.490. The maximum atomic E-state index is 12.6. The zero-order valence-electron chi connectivity index (χ0n) is 16.1. The number of amides is 1. The van der Waals surface area contributed by atoms with Crippen LogP contribution < -0.4 is 0 Å². The minimum Gasteiger partial charge on any atom is -0.452 e. The molecular weight excluding hydrogens is 358 g/mol. The van der Waals surface area contributed by atoms with E-state index in [9.17, 15) is 14.9 Å². The van der Waals surface area contributed by atoms with E-state index in [0.717, 1.165) is 24.8 Å². The molecule has 1 aliphatic carbocycles. The summed E-state index contributed by atoms with van der Waals surface area (Å²) in [6.07, 6.45) is 4.16. The minimum atomic E-state index is -0.815. The molecule has 7 heteroatoms. The van der Waals surface area contributed by atoms with Gasteiger partial charge in [0.15, 0.2) is 6.61 Å². The molecule has 0 unspecified atom stereocenters. The van der Waals surface area contributed by atoms with Crippen LogP contribution in [0.25, 0.3) is 11.3 Å². The van der Waals surface area contributed by atoms with Crippen LogP contribution >= 0.6 is 0 Å². The zero-order valence-corrected chi connectivity index (χ0v) is 16.1. The molecule has 1 aromatic carbocycles. The quantitative estimate of drug-likeness (QED) is 0.736. The molecule has 1 aromatic heterocycles. The average Bonchev–Trinajstić information content (AvgIpc) is 3.13. The van der Waals surface area contributed by atoms with Crippen LogP contribution in [0.4, 0.5) is 0 Å². The number of aromatic nitrogens is 1. The Morgan fingerprint density at radius 1 is 1.25 bits per heavy atom. The van der Waals surface area contributed by atoms with Gasteiger partial charge < -0.3 is 14.2 Å². The van der Waals surface area contributed by atoms with Gasteiger partial charge in [-0.3, -0.25) is 4.79 Å². The van der Waals surface area contributed by atoms with Crippen molar-refractivity contribution in [1.82, 2.24) is 10.1 Å². The molecule has 0 bridgehead atoms. The van der Waals surface area contributed by atoms with E-state index in [1.165, 1.54) is 4.90 Å². The van der Waals surface area contributed by atoms with E-state index >= 15 is 0 Å². The number of aryl methyl sites for hydroxylation is 1. The summed E-state index contributed by atoms with van der Waals surface area (Å²) in [6, 6.07) is 11.4. The molecule has 146 valence electrons. The van der Waals surface area contributed by atoms with E-state index in [1.807, 2.05) is 30.3 Å². The Bertz CT molecular complexity index is 892. The molecule has 0 aliphatic heterocycles. The Balaban J connectivity index is 1.70. The van der Waals surface area contributed by atoms with Crippen molar-refractivity contribution in [3.8, 4) is 17.3 Å². The largest absolute Gasteiger partial charge is 0.452 e. The minimum absolute atomic E-state index is 0.203. The number of carbonyl (C=O) groups is 2. The number of benzene rings is 1. The fourth-order valence-electron chi connectivity index (χ4n) is 3.60. The number of nitrogens with zero attached hydrogens (tertiary/aromatic N) is 3. The van der Waals surface area contributed by atoms with Gasteiger partial charge in [0.25, 0.3) is 5.91 Å². The number of hydrogen-bond acceptors (Lipinski definition) is 6. The van der Waals surface area contributed by atoms with Crippen LogP contribution in [0.2, 0.25) is 0 Å². The van der Waals surface area contributed by atoms with Crippen LogP contribution in [0.15, 0.2) is 34.9 Å². The Kier molecular flexibility index (Phi) is 5.78. The third-order valence-electron chi connectivity index (χ3n) is 5.35. The summed E-state index contributed by atoms with van der Waals surface area (Å²) >= 11 is 0. The molecule has 1 amide bonds. The Hall–Kier alpha value is -3.14. The number of rotatable bonds is 5. The van der Waals surface area contributed by atoms with E-state index in [1.54, 1.807) is 14.0 Å². The zero-order chi connectivity index (χ0) is 20.1. The van der Waals surface area contributed by atoms with Gasteiger partial charge in [-0.1, -0.05) is 54.8 Å². The van der Waals surface area contributed by atoms with Gasteiger partial charge in [0, 0.05) is 12.6 Å². The molecule has 0 saturated heterocycles. The normalized spacial score (nSPS) is 15.5. The Labute approximate surface area is 163 Å². The maximum Gasteiger partial charge on any atom is 0.344 e. The smallest absolute Gasteiger partial charge is 0.344 e. The molecule has 7 nitrogen and oxygen atoms in total. The molecule has 0 N–H and O–H groups in total. The first-order chi connectivity index (χ1) is 13.5. The highest BCUT2D eigenvalue weighted by molar-refractivity contribution is 5.98. The second-order valence-corrected chi connectivity index (χ2v) is 7.06. The summed E-state index contributed by atoms with van der Waals surface area (Å²) in [5.74, 6) is -0.744. The predicted octanol–water partition coefficient (Wildman–Crippen LogP) is 3.49. The average molecular weight is 381 g/mol. The third kappa shape index (κ3) is 3.77. The van der Waals surface area contributed by atoms with Crippen LogP contribution in [0.1, 0.15) is 48.2 Å². The predicted molar refractivity (Wildman–Crippen MR) is 101 cm³/mol. The van der Waals surface area contributed by atoms with Gasteiger partial charge in [0.2, 0.25) is 0 Å². The molecule has 1 fully saturated rings. The molecule has 1 saturated carbocycles. The van der Waals surface area contributed by atoms with Crippen molar-refractivity contribution in [3.05, 3.63) is 41.7 Å². The fourth-order valence-corrected chi connectivity index (χ4v) is 3.60. The summed E-state index contributed by atoms with van der Waals surface area (Å²) in [6.45, 7) is 1.19. The third-order valence-corrected chi connectivity index (χ3v) is 5.35. The second kappa shape index (κ2) is 8.26. The van der Waals surface area contributed by atoms with Crippen molar-refractivity contribution in [3.63, 3.8) is 0 Å². The SMILES string of the molecule is Cc1onc(-c2ccccc2)c1C(=O)OCC(=O)N(C)C1(C#N)CCCCC1. The lowest BCUT2D eigenvalue weighted by molar-refractivity contribution is -0.138. The molecule has 0 atom stereocenters. The van der Waals surface area contributed by atoms with Crippen molar-refractivity contribution < 1.29 is 18.8 Å². The van der Waals surface area contributed by atoms with Gasteiger partial charge in [-0.2, -0.15) is 5.26 Å². The molecule has 0 spiro atoms. The fraction of sp³-hybridized carbons (Fsp3) is 0.429. The van der Waals surface area contributed by atoms with Crippen LogP contribution in [0.5, 0.6) is 0 Å². The van der Waals surface area contributed by atoms with Crippen LogP contribution in [-0.2, 0) is 9.53 Å². The van der Waals surface area contributed by atoms with E-state index < -0.39 is 24.0 Å². The van der Waals surface area contributed by atoms with Gasteiger partial charge in [-0.05, 0) is 19.8 Å². The lowest BCUT2D eigenvalue weighted by atomic mass is 9.81. The van der Waals surface area contributed by atoms with Crippen molar-refractivity contribution in [2.75, 3.05) is 13.7 Å². The van der Waals surface area contributed by atoms with E-state index in [4.69, 9.17) is 9.26 Å². The molecule has 1 aliphatic rings. The molecule has 1 heterocycles. The monoisotopic (exact) mass is 381 g/mol. The Morgan fingerprint density at radius 3 is 2.57 bits per heavy atom. The lowest BCUT2D eigenvalue weighted by Gasteiger charge is -2.38. The van der Waals surface area contributed by atoms with Crippen LogP contribution in [0.3, 0.4) is 0 Å². The maximum absolute atomic E-state index is 12.6. The summed E-state index contributed by atoms with van der Waals surface area (Å²) < 4.78 is 10.4.